The van der Waals surface area contributed by atoms with Gasteiger partial charge < -0.3 is 10.2 Å². The number of nitrogens with zero attached hydrogens (tertiary/aromatic N) is 3. The van der Waals surface area contributed by atoms with E-state index in [9.17, 15) is 23.6 Å². The zero-order chi connectivity index (χ0) is 18.1. The van der Waals surface area contributed by atoms with Crippen LogP contribution < -0.4 is 5.32 Å². The number of rotatable bonds is 3. The number of carbonyl (C=O) groups is 4. The highest BCUT2D eigenvalue weighted by Gasteiger charge is 2.44. The fourth-order valence-electron chi connectivity index (χ4n) is 2.99. The molecule has 0 aromatic heterocycles. The van der Waals surface area contributed by atoms with Crippen molar-refractivity contribution in [2.45, 2.75) is 6.04 Å². The topological polar surface area (TPSA) is 90.0 Å². The Morgan fingerprint density at radius 2 is 2.04 bits per heavy atom. The second-order valence-corrected chi connectivity index (χ2v) is 5.90. The number of nitrogens with one attached hydrogen (secondary N) is 1. The van der Waals surface area contributed by atoms with E-state index in [-0.39, 0.29) is 0 Å². The first-order chi connectivity index (χ1) is 11.9. The smallest absolute Gasteiger partial charge is 0.332 e. The summed E-state index contributed by atoms with van der Waals surface area (Å²) in [6, 6.07) is 4.70. The van der Waals surface area contributed by atoms with Crippen LogP contribution in [0.2, 0.25) is 0 Å². The Hall–Kier alpha value is -2.81. The normalized spacial score (nSPS) is 21.3. The summed E-state index contributed by atoms with van der Waals surface area (Å²) < 4.78 is 13.5. The first kappa shape index (κ1) is 17.0. The van der Waals surface area contributed by atoms with Crippen LogP contribution in [-0.2, 0) is 14.4 Å². The van der Waals surface area contributed by atoms with Gasteiger partial charge in [0, 0.05) is 26.7 Å². The Morgan fingerprint density at radius 3 is 2.68 bits per heavy atom. The van der Waals surface area contributed by atoms with Crippen molar-refractivity contribution < 1.29 is 23.6 Å². The van der Waals surface area contributed by atoms with Crippen LogP contribution in [0.5, 0.6) is 0 Å². The van der Waals surface area contributed by atoms with E-state index in [4.69, 9.17) is 0 Å². The summed E-state index contributed by atoms with van der Waals surface area (Å²) in [5, 5.41) is 3.14. The van der Waals surface area contributed by atoms with E-state index >= 15 is 0 Å². The molecule has 2 fully saturated rings. The van der Waals surface area contributed by atoms with Crippen molar-refractivity contribution in [1.82, 2.24) is 20.0 Å². The number of amides is 5. The van der Waals surface area contributed by atoms with Gasteiger partial charge in [-0.05, 0) is 17.7 Å². The number of imide groups is 2. The molecule has 2 aliphatic heterocycles. The summed E-state index contributed by atoms with van der Waals surface area (Å²) in [7, 11) is 1.19. The van der Waals surface area contributed by atoms with Gasteiger partial charge in [-0.15, -0.1) is 0 Å². The minimum Gasteiger partial charge on any atom is -0.332 e. The summed E-state index contributed by atoms with van der Waals surface area (Å²) in [4.78, 5) is 50.7. The highest BCUT2D eigenvalue weighted by atomic mass is 19.1. The Labute approximate surface area is 143 Å². The van der Waals surface area contributed by atoms with Crippen LogP contribution >= 0.6 is 0 Å². The van der Waals surface area contributed by atoms with Crippen molar-refractivity contribution in [2.75, 3.05) is 33.2 Å². The third-order valence-corrected chi connectivity index (χ3v) is 4.34. The Balaban J connectivity index is 1.79. The van der Waals surface area contributed by atoms with Crippen molar-refractivity contribution >= 4 is 23.8 Å². The van der Waals surface area contributed by atoms with Gasteiger partial charge in [-0.3, -0.25) is 19.3 Å². The van der Waals surface area contributed by atoms with Crippen molar-refractivity contribution in [3.63, 3.8) is 0 Å². The average Bonchev–Trinajstić information content (AvgIpc) is 2.79. The van der Waals surface area contributed by atoms with Gasteiger partial charge in [0.1, 0.15) is 12.4 Å². The fraction of sp³-hybridized carbons (Fsp3) is 0.375. The van der Waals surface area contributed by atoms with E-state index in [1.54, 1.807) is 12.1 Å². The number of likely N-dealkylation sites (N-methyl/N-ethyl adjacent to an activating group) is 1. The maximum absolute atomic E-state index is 13.5. The third-order valence-electron chi connectivity index (χ3n) is 4.34. The molecule has 3 rings (SSSR count). The first-order valence-corrected chi connectivity index (χ1v) is 7.79. The molecule has 2 saturated heterocycles. The SMILES string of the molecule is CN1C(=O)C(=O)N(CC(=O)N2CCNCC2c2cccc(F)c2)C1=O. The van der Waals surface area contributed by atoms with E-state index in [1.807, 2.05) is 0 Å². The van der Waals surface area contributed by atoms with E-state index in [0.29, 0.717) is 35.0 Å². The van der Waals surface area contributed by atoms with E-state index < -0.39 is 42.2 Å². The molecule has 0 spiro atoms. The van der Waals surface area contributed by atoms with Crippen molar-refractivity contribution in [1.29, 1.82) is 0 Å². The van der Waals surface area contributed by atoms with Crippen molar-refractivity contribution in [3.05, 3.63) is 35.6 Å². The summed E-state index contributed by atoms with van der Waals surface area (Å²) in [5.41, 5.74) is 0.618. The molecular formula is C16H17FN4O4. The molecule has 1 aromatic rings. The molecule has 132 valence electrons. The number of piperazine rings is 1. The van der Waals surface area contributed by atoms with Crippen molar-refractivity contribution in [2.24, 2.45) is 0 Å². The Morgan fingerprint density at radius 1 is 1.28 bits per heavy atom. The fourth-order valence-corrected chi connectivity index (χ4v) is 2.99. The largest absolute Gasteiger partial charge is 0.334 e. The zero-order valence-corrected chi connectivity index (χ0v) is 13.6. The molecule has 0 radical (unpaired) electrons. The quantitative estimate of drug-likeness (QED) is 0.599. The molecule has 9 heteroatoms. The molecular weight excluding hydrogens is 331 g/mol. The van der Waals surface area contributed by atoms with E-state index in [2.05, 4.69) is 5.32 Å². The van der Waals surface area contributed by atoms with Gasteiger partial charge in [0.05, 0.1) is 6.04 Å². The number of halogens is 1. The molecule has 0 saturated carbocycles. The number of hydrogen-bond donors (Lipinski definition) is 1. The molecule has 0 bridgehead atoms. The van der Waals surface area contributed by atoms with Gasteiger partial charge in [-0.1, -0.05) is 12.1 Å². The predicted octanol–water partition coefficient (Wildman–Crippen LogP) is -0.281. The van der Waals surface area contributed by atoms with Gasteiger partial charge in [0.2, 0.25) is 5.91 Å². The molecule has 5 amide bonds. The van der Waals surface area contributed by atoms with Crippen LogP contribution in [0.1, 0.15) is 11.6 Å². The number of carbonyl (C=O) groups excluding carboxylic acids is 4. The summed E-state index contributed by atoms with van der Waals surface area (Å²) in [6.45, 7) is 0.799. The lowest BCUT2D eigenvalue weighted by atomic mass is 10.0. The predicted molar refractivity (Wildman–Crippen MR) is 83.6 cm³/mol. The molecule has 1 aromatic carbocycles. The number of benzene rings is 1. The van der Waals surface area contributed by atoms with Gasteiger partial charge in [0.15, 0.2) is 0 Å². The monoisotopic (exact) mass is 348 g/mol. The molecule has 2 heterocycles. The van der Waals surface area contributed by atoms with E-state index in [0.717, 1.165) is 0 Å². The van der Waals surface area contributed by atoms with Gasteiger partial charge in [-0.25, -0.2) is 14.1 Å². The Kier molecular flexibility index (Phi) is 4.49. The lowest BCUT2D eigenvalue weighted by molar-refractivity contribution is -0.145. The second-order valence-electron chi connectivity index (χ2n) is 5.90. The highest BCUT2D eigenvalue weighted by Crippen LogP contribution is 2.23. The average molecular weight is 348 g/mol. The van der Waals surface area contributed by atoms with Crippen LogP contribution in [0.4, 0.5) is 9.18 Å². The second kappa shape index (κ2) is 6.60. The zero-order valence-electron chi connectivity index (χ0n) is 13.6. The molecule has 1 unspecified atom stereocenters. The molecule has 2 aliphatic rings. The summed E-state index contributed by atoms with van der Waals surface area (Å²) >= 11 is 0. The van der Waals surface area contributed by atoms with Gasteiger partial charge in [-0.2, -0.15) is 0 Å². The first-order valence-electron chi connectivity index (χ1n) is 7.79. The van der Waals surface area contributed by atoms with Crippen LogP contribution in [0, 0.1) is 5.82 Å². The lowest BCUT2D eigenvalue weighted by Crippen LogP contribution is -2.52. The minimum absolute atomic E-state index is 0.347. The maximum atomic E-state index is 13.5. The van der Waals surface area contributed by atoms with Gasteiger partial charge >= 0.3 is 17.8 Å². The van der Waals surface area contributed by atoms with Crippen LogP contribution in [0.15, 0.2) is 24.3 Å². The number of hydrogen-bond acceptors (Lipinski definition) is 5. The summed E-state index contributed by atoms with van der Waals surface area (Å²) in [5.74, 6) is -2.86. The molecule has 1 N–H and O–H groups in total. The van der Waals surface area contributed by atoms with Crippen molar-refractivity contribution in [3.8, 4) is 0 Å². The molecule has 8 nitrogen and oxygen atoms in total. The summed E-state index contributed by atoms with van der Waals surface area (Å²) in [6.07, 6.45) is 0. The lowest BCUT2D eigenvalue weighted by Gasteiger charge is -2.37. The standard InChI is InChI=1S/C16H17FN4O4/c1-19-14(23)15(24)21(16(19)25)9-13(22)20-6-5-18-8-12(20)10-3-2-4-11(17)7-10/h2-4,7,12,18H,5-6,8-9H2,1H3. The minimum atomic E-state index is -1.02. The molecule has 25 heavy (non-hydrogen) atoms. The molecule has 1 atom stereocenters. The van der Waals surface area contributed by atoms with E-state index in [1.165, 1.54) is 24.1 Å². The third kappa shape index (κ3) is 3.10. The number of urea groups is 1. The van der Waals surface area contributed by atoms with Crippen LogP contribution in [0.3, 0.4) is 0 Å². The molecule has 0 aliphatic carbocycles. The van der Waals surface area contributed by atoms with Gasteiger partial charge in [0.25, 0.3) is 0 Å². The van der Waals surface area contributed by atoms with Crippen LogP contribution in [0.25, 0.3) is 0 Å². The Bertz CT molecular complexity index is 753. The maximum Gasteiger partial charge on any atom is 0.334 e. The highest BCUT2D eigenvalue weighted by molar-refractivity contribution is 6.44. The van der Waals surface area contributed by atoms with Crippen LogP contribution in [-0.4, -0.2) is 71.7 Å².